The van der Waals surface area contributed by atoms with Gasteiger partial charge in [-0.25, -0.2) is 15.0 Å². The fourth-order valence-corrected chi connectivity index (χ4v) is 5.54. The lowest BCUT2D eigenvalue weighted by atomic mass is 9.87. The number of benzene rings is 1. The van der Waals surface area contributed by atoms with Crippen molar-refractivity contribution >= 4 is 28.7 Å². The number of imidazole rings is 1. The summed E-state index contributed by atoms with van der Waals surface area (Å²) < 4.78 is 2.03. The highest BCUT2D eigenvalue weighted by Gasteiger charge is 2.27. The van der Waals surface area contributed by atoms with Crippen molar-refractivity contribution in [3.8, 4) is 11.3 Å². The molecule has 4 N–H and O–H groups in total. The molecule has 1 aliphatic heterocycles. The molecule has 0 radical (unpaired) electrons. The highest BCUT2D eigenvalue weighted by molar-refractivity contribution is 6.04. The molecular formula is C28H31N7O2. The summed E-state index contributed by atoms with van der Waals surface area (Å²) in [7, 11) is 0. The Kier molecular flexibility index (Phi) is 6.21. The van der Waals surface area contributed by atoms with Gasteiger partial charge in [0.05, 0.1) is 6.10 Å². The van der Waals surface area contributed by atoms with Crippen molar-refractivity contribution in [2.75, 3.05) is 29.0 Å². The third-order valence-electron chi connectivity index (χ3n) is 7.55. The molecule has 4 heterocycles. The number of hydrogen-bond donors (Lipinski definition) is 3. The number of fused-ring (bicyclic) bond motifs is 1. The van der Waals surface area contributed by atoms with E-state index in [1.165, 1.54) is 12.8 Å². The van der Waals surface area contributed by atoms with Crippen molar-refractivity contribution in [2.45, 2.75) is 50.5 Å². The first-order valence-electron chi connectivity index (χ1n) is 13.0. The van der Waals surface area contributed by atoms with Gasteiger partial charge in [-0.2, -0.15) is 0 Å². The Labute approximate surface area is 215 Å². The van der Waals surface area contributed by atoms with E-state index in [0.29, 0.717) is 17.2 Å². The second-order valence-electron chi connectivity index (χ2n) is 9.98. The minimum atomic E-state index is -0.231. The van der Waals surface area contributed by atoms with Crippen molar-refractivity contribution in [1.82, 2.24) is 19.4 Å². The SMILES string of the molecule is Nc1nccn2c(C3CCC(O)CC3)nc(-c3ccc(C(=O)Nc4cc(N5CCCC5)ccn4)cc3)c12. The number of pyridine rings is 1. The quantitative estimate of drug-likeness (QED) is 0.377. The normalized spacial score (nSPS) is 19.9. The van der Waals surface area contributed by atoms with Crippen LogP contribution in [-0.4, -0.2) is 49.6 Å². The molecule has 190 valence electrons. The van der Waals surface area contributed by atoms with E-state index in [1.807, 2.05) is 34.9 Å². The van der Waals surface area contributed by atoms with E-state index in [9.17, 15) is 9.90 Å². The number of aromatic nitrogens is 4. The summed E-state index contributed by atoms with van der Waals surface area (Å²) in [6, 6.07) is 11.3. The number of aliphatic hydroxyl groups excluding tert-OH is 1. The lowest BCUT2D eigenvalue weighted by molar-refractivity contribution is 0.102. The Morgan fingerprint density at radius 3 is 2.51 bits per heavy atom. The highest BCUT2D eigenvalue weighted by Crippen LogP contribution is 2.36. The Balaban J connectivity index is 1.25. The number of carbonyl (C=O) groups excluding carboxylic acids is 1. The van der Waals surface area contributed by atoms with Crippen molar-refractivity contribution < 1.29 is 9.90 Å². The first kappa shape index (κ1) is 23.4. The highest BCUT2D eigenvalue weighted by atomic mass is 16.3. The van der Waals surface area contributed by atoms with Gasteiger partial charge in [-0.05, 0) is 56.7 Å². The second-order valence-corrected chi connectivity index (χ2v) is 9.98. The number of nitrogens with one attached hydrogen (secondary N) is 1. The fraction of sp³-hybridized carbons (Fsp3) is 0.357. The van der Waals surface area contributed by atoms with Crippen LogP contribution in [0.2, 0.25) is 0 Å². The van der Waals surface area contributed by atoms with Crippen molar-refractivity contribution in [3.05, 3.63) is 66.4 Å². The van der Waals surface area contributed by atoms with Crippen molar-refractivity contribution in [1.29, 1.82) is 0 Å². The van der Waals surface area contributed by atoms with Crippen molar-refractivity contribution in [3.63, 3.8) is 0 Å². The number of hydrogen-bond acceptors (Lipinski definition) is 7. The molecule has 1 aliphatic carbocycles. The summed E-state index contributed by atoms with van der Waals surface area (Å²) in [5.74, 6) is 1.93. The smallest absolute Gasteiger partial charge is 0.256 e. The number of aliphatic hydroxyl groups is 1. The molecule has 9 heteroatoms. The van der Waals surface area contributed by atoms with E-state index in [0.717, 1.165) is 67.1 Å². The van der Waals surface area contributed by atoms with E-state index in [2.05, 4.69) is 20.2 Å². The zero-order valence-electron chi connectivity index (χ0n) is 20.7. The van der Waals surface area contributed by atoms with Gasteiger partial charge in [0, 0.05) is 60.5 Å². The van der Waals surface area contributed by atoms with Gasteiger partial charge in [0.2, 0.25) is 0 Å². The second kappa shape index (κ2) is 9.82. The molecule has 0 atom stereocenters. The lowest BCUT2D eigenvalue weighted by Crippen LogP contribution is -2.18. The average Bonchev–Trinajstić information content (AvgIpc) is 3.59. The van der Waals surface area contributed by atoms with Crippen LogP contribution in [0.4, 0.5) is 17.3 Å². The third kappa shape index (κ3) is 4.62. The lowest BCUT2D eigenvalue weighted by Gasteiger charge is -2.24. The summed E-state index contributed by atoms with van der Waals surface area (Å²) in [6.07, 6.45) is 10.8. The van der Waals surface area contributed by atoms with Crippen LogP contribution in [-0.2, 0) is 0 Å². The standard InChI is InChI=1S/C28H31N7O2/c29-26-25-24(33-27(35(25)16-13-31-26)19-7-9-22(36)10-8-19)18-3-5-20(6-4-18)28(37)32-23-17-21(11-12-30-23)34-14-1-2-15-34/h3-6,11-13,16-17,19,22,36H,1-2,7-10,14-15H2,(H2,29,31)(H,30,32,37). The summed E-state index contributed by atoms with van der Waals surface area (Å²) in [5, 5.41) is 12.9. The van der Waals surface area contributed by atoms with Crippen LogP contribution in [0.3, 0.4) is 0 Å². The number of amides is 1. The third-order valence-corrected chi connectivity index (χ3v) is 7.55. The van der Waals surface area contributed by atoms with Crippen LogP contribution in [0.15, 0.2) is 55.0 Å². The van der Waals surface area contributed by atoms with Crippen LogP contribution in [0.25, 0.3) is 16.8 Å². The number of rotatable bonds is 5. The summed E-state index contributed by atoms with van der Waals surface area (Å²) >= 11 is 0. The molecule has 0 spiro atoms. The maximum Gasteiger partial charge on any atom is 0.256 e. The predicted molar refractivity (Wildman–Crippen MR) is 144 cm³/mol. The van der Waals surface area contributed by atoms with Crippen LogP contribution in [0.5, 0.6) is 0 Å². The van der Waals surface area contributed by atoms with Crippen LogP contribution in [0, 0.1) is 0 Å². The van der Waals surface area contributed by atoms with Crippen molar-refractivity contribution in [2.24, 2.45) is 0 Å². The van der Waals surface area contributed by atoms with E-state index in [-0.39, 0.29) is 17.9 Å². The minimum Gasteiger partial charge on any atom is -0.393 e. The van der Waals surface area contributed by atoms with E-state index < -0.39 is 0 Å². The molecule has 2 aliphatic rings. The molecule has 1 saturated carbocycles. The molecule has 6 rings (SSSR count). The average molecular weight is 498 g/mol. The Hall–Kier alpha value is -3.98. The number of anilines is 3. The zero-order chi connectivity index (χ0) is 25.4. The van der Waals surface area contributed by atoms with Gasteiger partial charge < -0.3 is 21.1 Å². The van der Waals surface area contributed by atoms with E-state index in [4.69, 9.17) is 10.7 Å². The molecular weight excluding hydrogens is 466 g/mol. The molecule has 1 aromatic carbocycles. The summed E-state index contributed by atoms with van der Waals surface area (Å²) in [4.78, 5) is 28.9. The van der Waals surface area contributed by atoms with Gasteiger partial charge in [0.25, 0.3) is 5.91 Å². The van der Waals surface area contributed by atoms with Crippen LogP contribution < -0.4 is 16.0 Å². The molecule has 2 fully saturated rings. The molecule has 9 nitrogen and oxygen atoms in total. The monoisotopic (exact) mass is 497 g/mol. The number of carbonyl (C=O) groups is 1. The Bertz CT molecular complexity index is 1420. The first-order chi connectivity index (χ1) is 18.1. The van der Waals surface area contributed by atoms with E-state index >= 15 is 0 Å². The predicted octanol–water partition coefficient (Wildman–Crippen LogP) is 4.24. The number of nitrogens with zero attached hydrogens (tertiary/aromatic N) is 5. The van der Waals surface area contributed by atoms with Gasteiger partial charge in [0.1, 0.15) is 28.7 Å². The molecule has 3 aromatic heterocycles. The zero-order valence-corrected chi connectivity index (χ0v) is 20.7. The van der Waals surface area contributed by atoms with Gasteiger partial charge in [0.15, 0.2) is 0 Å². The maximum absolute atomic E-state index is 13.0. The topological polar surface area (TPSA) is 122 Å². The number of nitrogen functional groups attached to an aromatic ring is 1. The van der Waals surface area contributed by atoms with Gasteiger partial charge in [-0.1, -0.05) is 12.1 Å². The van der Waals surface area contributed by atoms with Crippen LogP contribution in [0.1, 0.15) is 60.6 Å². The molecule has 4 aromatic rings. The molecule has 37 heavy (non-hydrogen) atoms. The first-order valence-corrected chi connectivity index (χ1v) is 13.0. The minimum absolute atomic E-state index is 0.213. The van der Waals surface area contributed by atoms with Crippen LogP contribution >= 0.6 is 0 Å². The fourth-order valence-electron chi connectivity index (χ4n) is 5.54. The molecule has 0 unspecified atom stereocenters. The van der Waals surface area contributed by atoms with Gasteiger partial charge in [-0.3, -0.25) is 9.20 Å². The maximum atomic E-state index is 13.0. The summed E-state index contributed by atoms with van der Waals surface area (Å²) in [5.41, 5.74) is 10.3. The molecule has 1 amide bonds. The van der Waals surface area contributed by atoms with Gasteiger partial charge >= 0.3 is 0 Å². The molecule has 0 bridgehead atoms. The summed E-state index contributed by atoms with van der Waals surface area (Å²) in [6.45, 7) is 2.07. The van der Waals surface area contributed by atoms with Gasteiger partial charge in [-0.15, -0.1) is 0 Å². The Morgan fingerprint density at radius 2 is 1.76 bits per heavy atom. The van der Waals surface area contributed by atoms with E-state index in [1.54, 1.807) is 24.5 Å². The Morgan fingerprint density at radius 1 is 1.00 bits per heavy atom. The number of nitrogens with two attached hydrogens (primary N) is 1. The largest absolute Gasteiger partial charge is 0.393 e. The molecule has 1 saturated heterocycles.